The van der Waals surface area contributed by atoms with E-state index in [-0.39, 0.29) is 25.2 Å². The molecular weight excluding hydrogens is 425 g/mol. The Morgan fingerprint density at radius 3 is 2.50 bits per heavy atom. The Labute approximate surface area is 183 Å². The van der Waals surface area contributed by atoms with Crippen LogP contribution in [0.5, 0.6) is 5.75 Å². The summed E-state index contributed by atoms with van der Waals surface area (Å²) in [6.07, 6.45) is -2.32. The van der Waals surface area contributed by atoms with Crippen LogP contribution >= 0.6 is 0 Å². The minimum Gasteiger partial charge on any atom is -0.489 e. The van der Waals surface area contributed by atoms with Gasteiger partial charge in [0.05, 0.1) is 6.54 Å². The molecule has 1 aromatic carbocycles. The van der Waals surface area contributed by atoms with E-state index >= 15 is 0 Å². The zero-order chi connectivity index (χ0) is 22.7. The maximum atomic E-state index is 12.4. The molecule has 1 unspecified atom stereocenters. The minimum atomic E-state index is -4.51. The minimum absolute atomic E-state index is 0.125. The first-order valence-corrected chi connectivity index (χ1v) is 10.3. The van der Waals surface area contributed by atoms with Gasteiger partial charge in [0.1, 0.15) is 18.3 Å². The van der Waals surface area contributed by atoms with E-state index in [9.17, 15) is 22.8 Å². The summed E-state index contributed by atoms with van der Waals surface area (Å²) in [5.74, 6) is -0.114. The van der Waals surface area contributed by atoms with Crippen molar-refractivity contribution in [3.05, 3.63) is 54.4 Å². The van der Waals surface area contributed by atoms with Crippen LogP contribution in [0.4, 0.5) is 23.7 Å². The summed E-state index contributed by atoms with van der Waals surface area (Å²) in [4.78, 5) is 31.1. The van der Waals surface area contributed by atoms with E-state index in [1.165, 1.54) is 4.90 Å². The van der Waals surface area contributed by atoms with Crippen LogP contribution in [0.1, 0.15) is 24.3 Å². The van der Waals surface area contributed by atoms with Crippen molar-refractivity contribution < 1.29 is 27.5 Å². The summed E-state index contributed by atoms with van der Waals surface area (Å²) in [7, 11) is 0. The predicted molar refractivity (Wildman–Crippen MR) is 110 cm³/mol. The Kier molecular flexibility index (Phi) is 6.20. The summed E-state index contributed by atoms with van der Waals surface area (Å²) in [5.41, 5.74) is 1.73. The second-order valence-corrected chi connectivity index (χ2v) is 8.00. The van der Waals surface area contributed by atoms with E-state index in [2.05, 4.69) is 10.3 Å². The summed E-state index contributed by atoms with van der Waals surface area (Å²) in [5, 5.41) is 2.84. The van der Waals surface area contributed by atoms with Crippen LogP contribution in [0, 0.1) is 0 Å². The number of pyridine rings is 1. The van der Waals surface area contributed by atoms with Crippen LogP contribution in [0.15, 0.2) is 48.8 Å². The second kappa shape index (κ2) is 9.05. The average molecular weight is 448 g/mol. The van der Waals surface area contributed by atoms with Crippen molar-refractivity contribution in [3.63, 3.8) is 0 Å². The molecule has 3 heterocycles. The van der Waals surface area contributed by atoms with Gasteiger partial charge in [0.15, 0.2) is 0 Å². The van der Waals surface area contributed by atoms with Gasteiger partial charge in [0.25, 0.3) is 0 Å². The molecule has 3 amide bonds. The van der Waals surface area contributed by atoms with E-state index in [4.69, 9.17) is 4.74 Å². The molecule has 2 saturated heterocycles. The smallest absolute Gasteiger partial charge is 0.397 e. The number of nitrogens with zero attached hydrogens (tertiary/aromatic N) is 3. The number of carbonyl (C=O) groups is 2. The molecule has 0 saturated carbocycles. The Hall–Kier alpha value is -3.30. The fourth-order valence-corrected chi connectivity index (χ4v) is 3.82. The van der Waals surface area contributed by atoms with Crippen LogP contribution in [0.25, 0.3) is 0 Å². The number of nitrogens with one attached hydrogen (secondary N) is 1. The molecule has 2 aromatic rings. The molecule has 0 bridgehead atoms. The van der Waals surface area contributed by atoms with Crippen LogP contribution in [-0.2, 0) is 4.79 Å². The lowest BCUT2D eigenvalue weighted by Gasteiger charge is -2.39. The number of halogens is 3. The first-order chi connectivity index (χ1) is 15.3. The monoisotopic (exact) mass is 448 g/mol. The van der Waals surface area contributed by atoms with Crippen molar-refractivity contribution in [2.45, 2.75) is 31.0 Å². The molecule has 32 heavy (non-hydrogen) atoms. The molecule has 2 fully saturated rings. The van der Waals surface area contributed by atoms with E-state index in [1.54, 1.807) is 35.4 Å². The number of urea groups is 1. The summed E-state index contributed by atoms with van der Waals surface area (Å²) >= 11 is 0. The standard InChI is InChI=1S/C22H23F3N4O3/c23-22(24,25)10-20(30)28-9-7-19(14-28)32-18-5-3-17(4-6-18)27-21(31)29-12-16(13-29)15-2-1-8-26-11-15/h1-6,8,11,16,19H,7,9-10,12-14H2,(H,27,31). The Bertz CT molecular complexity index is 947. The van der Waals surface area contributed by atoms with Gasteiger partial charge < -0.3 is 19.9 Å². The molecule has 0 aliphatic carbocycles. The number of hydrogen-bond acceptors (Lipinski definition) is 4. The quantitative estimate of drug-likeness (QED) is 0.758. The molecule has 0 spiro atoms. The first kappa shape index (κ1) is 21.9. The Balaban J connectivity index is 1.22. The lowest BCUT2D eigenvalue weighted by Crippen LogP contribution is -2.50. The van der Waals surface area contributed by atoms with Crippen molar-refractivity contribution in [1.82, 2.24) is 14.8 Å². The van der Waals surface area contributed by atoms with Gasteiger partial charge in [-0.3, -0.25) is 9.78 Å². The summed E-state index contributed by atoms with van der Waals surface area (Å²) in [6.45, 7) is 1.62. The summed E-state index contributed by atoms with van der Waals surface area (Å²) in [6, 6.07) is 10.5. The highest BCUT2D eigenvalue weighted by molar-refractivity contribution is 5.90. The molecule has 10 heteroatoms. The van der Waals surface area contributed by atoms with Gasteiger partial charge in [-0.25, -0.2) is 4.79 Å². The molecule has 1 N–H and O–H groups in total. The average Bonchev–Trinajstić information content (AvgIpc) is 3.17. The number of anilines is 1. The fraction of sp³-hybridized carbons (Fsp3) is 0.409. The maximum absolute atomic E-state index is 12.4. The number of aromatic nitrogens is 1. The van der Waals surface area contributed by atoms with Crippen LogP contribution < -0.4 is 10.1 Å². The lowest BCUT2D eigenvalue weighted by molar-refractivity contribution is -0.160. The van der Waals surface area contributed by atoms with Gasteiger partial charge in [-0.1, -0.05) is 6.07 Å². The third kappa shape index (κ3) is 5.49. The molecule has 0 radical (unpaired) electrons. The Morgan fingerprint density at radius 2 is 1.84 bits per heavy atom. The molecule has 1 atom stereocenters. The first-order valence-electron chi connectivity index (χ1n) is 10.3. The number of ether oxygens (including phenoxy) is 1. The van der Waals surface area contributed by atoms with Gasteiger partial charge in [-0.05, 0) is 35.9 Å². The topological polar surface area (TPSA) is 74.8 Å². The van der Waals surface area contributed by atoms with Gasteiger partial charge >= 0.3 is 12.2 Å². The van der Waals surface area contributed by atoms with Gasteiger partial charge in [0, 0.05) is 50.1 Å². The van der Waals surface area contributed by atoms with Crippen molar-refractivity contribution in [3.8, 4) is 5.75 Å². The Morgan fingerprint density at radius 1 is 1.09 bits per heavy atom. The predicted octanol–water partition coefficient (Wildman–Crippen LogP) is 3.65. The van der Waals surface area contributed by atoms with E-state index in [0.717, 1.165) is 5.56 Å². The van der Waals surface area contributed by atoms with Crippen LogP contribution in [0.3, 0.4) is 0 Å². The number of carbonyl (C=O) groups excluding carboxylic acids is 2. The number of rotatable bonds is 5. The fourth-order valence-electron chi connectivity index (χ4n) is 3.82. The van der Waals surface area contributed by atoms with Gasteiger partial charge in [-0.15, -0.1) is 0 Å². The SMILES string of the molecule is O=C(CC(F)(F)F)N1CCC(Oc2ccc(NC(=O)N3CC(c4cccnc4)C3)cc2)C1. The number of hydrogen-bond donors (Lipinski definition) is 1. The van der Waals surface area contributed by atoms with Crippen LogP contribution in [-0.4, -0.2) is 65.2 Å². The number of likely N-dealkylation sites (tertiary alicyclic amines) is 2. The highest BCUT2D eigenvalue weighted by Gasteiger charge is 2.36. The zero-order valence-corrected chi connectivity index (χ0v) is 17.2. The third-order valence-corrected chi connectivity index (χ3v) is 5.58. The van der Waals surface area contributed by atoms with Crippen molar-refractivity contribution in [2.75, 3.05) is 31.5 Å². The van der Waals surface area contributed by atoms with Crippen molar-refractivity contribution in [2.24, 2.45) is 0 Å². The number of alkyl halides is 3. The van der Waals surface area contributed by atoms with E-state index in [0.29, 0.717) is 36.9 Å². The number of amides is 3. The maximum Gasteiger partial charge on any atom is 0.397 e. The molecular formula is C22H23F3N4O3. The lowest BCUT2D eigenvalue weighted by atomic mass is 9.93. The molecule has 2 aliphatic rings. The zero-order valence-electron chi connectivity index (χ0n) is 17.2. The van der Waals surface area contributed by atoms with Gasteiger partial charge in [0.2, 0.25) is 5.91 Å². The molecule has 2 aliphatic heterocycles. The van der Waals surface area contributed by atoms with E-state index < -0.39 is 18.5 Å². The molecule has 170 valence electrons. The number of benzene rings is 1. The molecule has 1 aromatic heterocycles. The summed E-state index contributed by atoms with van der Waals surface area (Å²) < 4.78 is 43.0. The van der Waals surface area contributed by atoms with Gasteiger partial charge in [-0.2, -0.15) is 13.2 Å². The molecule has 4 rings (SSSR count). The van der Waals surface area contributed by atoms with Crippen LogP contribution in [0.2, 0.25) is 0 Å². The second-order valence-electron chi connectivity index (χ2n) is 8.00. The third-order valence-electron chi connectivity index (χ3n) is 5.58. The van der Waals surface area contributed by atoms with Crippen molar-refractivity contribution in [1.29, 1.82) is 0 Å². The van der Waals surface area contributed by atoms with E-state index in [1.807, 2.05) is 18.3 Å². The normalized spacial score (nSPS) is 18.9. The highest BCUT2D eigenvalue weighted by Crippen LogP contribution is 2.28. The highest BCUT2D eigenvalue weighted by atomic mass is 19.4. The van der Waals surface area contributed by atoms with Crippen molar-refractivity contribution >= 4 is 17.6 Å². The largest absolute Gasteiger partial charge is 0.489 e. The molecule has 7 nitrogen and oxygen atoms in total.